The highest BCUT2D eigenvalue weighted by atomic mass is 32.2. The molecule has 7 heteroatoms. The maximum absolute atomic E-state index is 12.2. The van der Waals surface area contributed by atoms with Crippen molar-refractivity contribution >= 4 is 46.2 Å². The summed E-state index contributed by atoms with van der Waals surface area (Å²) >= 11 is 2.38. The molecule has 0 radical (unpaired) electrons. The molecule has 1 aromatic heterocycles. The summed E-state index contributed by atoms with van der Waals surface area (Å²) in [6, 6.07) is 3.76. The first-order valence-electron chi connectivity index (χ1n) is 7.67. The number of thiophene rings is 1. The molecule has 3 amide bonds. The molecule has 5 nitrogen and oxygen atoms in total. The Morgan fingerprint density at radius 1 is 1.30 bits per heavy atom. The van der Waals surface area contributed by atoms with Gasteiger partial charge < -0.3 is 5.32 Å². The van der Waals surface area contributed by atoms with E-state index in [1.807, 2.05) is 17.5 Å². The first kappa shape index (κ1) is 17.7. The smallest absolute Gasteiger partial charge is 0.294 e. The van der Waals surface area contributed by atoms with E-state index in [2.05, 4.69) is 12.2 Å². The minimum atomic E-state index is -0.394. The van der Waals surface area contributed by atoms with Gasteiger partial charge >= 0.3 is 0 Å². The van der Waals surface area contributed by atoms with Crippen LogP contribution in [-0.2, 0) is 9.59 Å². The van der Waals surface area contributed by atoms with Crippen LogP contribution in [0.15, 0.2) is 22.4 Å². The van der Waals surface area contributed by atoms with Gasteiger partial charge in [0.05, 0.1) is 4.91 Å². The number of nitrogens with zero attached hydrogens (tertiary/aromatic N) is 1. The molecule has 0 bridgehead atoms. The zero-order chi connectivity index (χ0) is 16.7. The van der Waals surface area contributed by atoms with Gasteiger partial charge in [0, 0.05) is 11.4 Å². The van der Waals surface area contributed by atoms with Crippen LogP contribution in [0.25, 0.3) is 6.08 Å². The number of carbonyl (C=O) groups excluding carboxylic acids is 3. The molecule has 0 saturated carbocycles. The van der Waals surface area contributed by atoms with Crippen molar-refractivity contribution in [2.45, 2.75) is 32.6 Å². The Morgan fingerprint density at radius 2 is 2.13 bits per heavy atom. The van der Waals surface area contributed by atoms with E-state index in [-0.39, 0.29) is 17.7 Å². The molecule has 0 aromatic carbocycles. The van der Waals surface area contributed by atoms with E-state index in [0.29, 0.717) is 11.4 Å². The zero-order valence-corrected chi connectivity index (χ0v) is 14.7. The second-order valence-corrected chi connectivity index (χ2v) is 7.17. The van der Waals surface area contributed by atoms with E-state index in [9.17, 15) is 14.4 Å². The molecule has 1 aliphatic rings. The Morgan fingerprint density at radius 3 is 2.83 bits per heavy atom. The van der Waals surface area contributed by atoms with E-state index in [1.54, 1.807) is 6.08 Å². The minimum absolute atomic E-state index is 0.208. The predicted octanol–water partition coefficient (Wildman–Crippen LogP) is 3.48. The van der Waals surface area contributed by atoms with Gasteiger partial charge in [0.25, 0.3) is 11.1 Å². The molecular formula is C16H20N2O3S2. The maximum Gasteiger partial charge on any atom is 0.294 e. The van der Waals surface area contributed by atoms with Crippen LogP contribution in [0.4, 0.5) is 4.79 Å². The maximum atomic E-state index is 12.2. The molecule has 1 aromatic rings. The molecule has 0 spiro atoms. The number of carbonyl (C=O) groups is 3. The first-order chi connectivity index (χ1) is 11.1. The lowest BCUT2D eigenvalue weighted by Crippen LogP contribution is -2.39. The second-order valence-electron chi connectivity index (χ2n) is 5.19. The summed E-state index contributed by atoms with van der Waals surface area (Å²) < 4.78 is 0. The van der Waals surface area contributed by atoms with Crippen molar-refractivity contribution in [1.82, 2.24) is 10.2 Å². The number of amides is 3. The third-order valence-corrected chi connectivity index (χ3v) is 5.07. The van der Waals surface area contributed by atoms with E-state index in [1.165, 1.54) is 11.3 Å². The van der Waals surface area contributed by atoms with Gasteiger partial charge in [0.1, 0.15) is 6.54 Å². The highest BCUT2D eigenvalue weighted by molar-refractivity contribution is 8.18. The molecule has 1 fully saturated rings. The lowest BCUT2D eigenvalue weighted by Gasteiger charge is -2.12. The summed E-state index contributed by atoms with van der Waals surface area (Å²) in [6.45, 7) is 2.50. The fourth-order valence-electron chi connectivity index (χ4n) is 2.12. The second kappa shape index (κ2) is 8.88. The van der Waals surface area contributed by atoms with Crippen molar-refractivity contribution in [3.8, 4) is 0 Å². The van der Waals surface area contributed by atoms with Crippen LogP contribution in [0.2, 0.25) is 0 Å². The Bertz CT molecular complexity index is 596. The minimum Gasteiger partial charge on any atom is -0.355 e. The molecule has 0 aliphatic carbocycles. The molecular weight excluding hydrogens is 332 g/mol. The van der Waals surface area contributed by atoms with Gasteiger partial charge in [-0.1, -0.05) is 32.3 Å². The van der Waals surface area contributed by atoms with Crippen LogP contribution < -0.4 is 5.32 Å². The number of hydrogen-bond acceptors (Lipinski definition) is 5. The number of imide groups is 1. The van der Waals surface area contributed by atoms with Crippen LogP contribution in [-0.4, -0.2) is 35.0 Å². The fraction of sp³-hybridized carbons (Fsp3) is 0.438. The topological polar surface area (TPSA) is 66.5 Å². The van der Waals surface area contributed by atoms with Crippen molar-refractivity contribution in [3.05, 3.63) is 27.3 Å². The van der Waals surface area contributed by atoms with Gasteiger partial charge in [0.2, 0.25) is 5.91 Å². The molecule has 1 saturated heterocycles. The zero-order valence-electron chi connectivity index (χ0n) is 13.0. The summed E-state index contributed by atoms with van der Waals surface area (Å²) in [5.74, 6) is -0.685. The van der Waals surface area contributed by atoms with Crippen molar-refractivity contribution in [2.75, 3.05) is 13.1 Å². The average Bonchev–Trinajstić information content (AvgIpc) is 3.12. The molecule has 1 aliphatic heterocycles. The first-order valence-corrected chi connectivity index (χ1v) is 9.37. The fourth-order valence-corrected chi connectivity index (χ4v) is 3.68. The number of thioether (sulfide) groups is 1. The summed E-state index contributed by atoms with van der Waals surface area (Å²) in [6.07, 6.45) is 5.97. The van der Waals surface area contributed by atoms with Gasteiger partial charge in [-0.2, -0.15) is 0 Å². The number of nitrogens with one attached hydrogen (secondary N) is 1. The third-order valence-electron chi connectivity index (χ3n) is 3.34. The number of unbranched alkanes of at least 4 members (excludes halogenated alkanes) is 3. The van der Waals surface area contributed by atoms with Crippen molar-refractivity contribution in [1.29, 1.82) is 0 Å². The van der Waals surface area contributed by atoms with Crippen molar-refractivity contribution in [3.63, 3.8) is 0 Å². The lowest BCUT2D eigenvalue weighted by atomic mass is 10.2. The number of rotatable bonds is 8. The monoisotopic (exact) mass is 352 g/mol. The van der Waals surface area contributed by atoms with Crippen LogP contribution in [0.5, 0.6) is 0 Å². The van der Waals surface area contributed by atoms with Crippen LogP contribution in [0.3, 0.4) is 0 Å². The molecule has 2 heterocycles. The molecule has 124 valence electrons. The summed E-state index contributed by atoms with van der Waals surface area (Å²) in [5.41, 5.74) is 0. The van der Waals surface area contributed by atoms with Gasteiger partial charge in [0.15, 0.2) is 0 Å². The molecule has 2 rings (SSSR count). The normalized spacial score (nSPS) is 16.4. The van der Waals surface area contributed by atoms with Gasteiger partial charge in [-0.3, -0.25) is 19.3 Å². The Hall–Kier alpha value is -1.60. The van der Waals surface area contributed by atoms with Gasteiger partial charge in [-0.15, -0.1) is 11.3 Å². The molecule has 0 unspecified atom stereocenters. The summed E-state index contributed by atoms with van der Waals surface area (Å²) in [7, 11) is 0. The third kappa shape index (κ3) is 5.21. The van der Waals surface area contributed by atoms with E-state index < -0.39 is 5.91 Å². The highest BCUT2D eigenvalue weighted by Gasteiger charge is 2.36. The summed E-state index contributed by atoms with van der Waals surface area (Å²) in [4.78, 5) is 38.3. The van der Waals surface area contributed by atoms with Crippen molar-refractivity contribution < 1.29 is 14.4 Å². The molecule has 0 atom stereocenters. The SMILES string of the molecule is CCCCCCNC(=O)CN1C(=O)S/C(=C\c2cccs2)C1=O. The number of hydrogen-bond donors (Lipinski definition) is 1. The van der Waals surface area contributed by atoms with Crippen LogP contribution in [0, 0.1) is 0 Å². The Labute approximate surface area is 144 Å². The summed E-state index contributed by atoms with van der Waals surface area (Å²) in [5, 5.41) is 4.27. The average molecular weight is 352 g/mol. The highest BCUT2D eigenvalue weighted by Crippen LogP contribution is 2.32. The Kier molecular flexibility index (Phi) is 6.85. The molecule has 23 heavy (non-hydrogen) atoms. The quantitative estimate of drug-likeness (QED) is 0.574. The van der Waals surface area contributed by atoms with Gasteiger partial charge in [-0.05, 0) is 35.7 Å². The van der Waals surface area contributed by atoms with E-state index in [4.69, 9.17) is 0 Å². The van der Waals surface area contributed by atoms with Gasteiger partial charge in [-0.25, -0.2) is 0 Å². The van der Waals surface area contributed by atoms with E-state index in [0.717, 1.165) is 47.2 Å². The standard InChI is InChI=1S/C16H20N2O3S2/c1-2-3-4-5-8-17-14(19)11-18-15(20)13(23-16(18)21)10-12-7-6-9-22-12/h6-7,9-10H,2-5,8,11H2,1H3,(H,17,19)/b13-10-. The van der Waals surface area contributed by atoms with Crippen LogP contribution in [0.1, 0.15) is 37.5 Å². The predicted molar refractivity (Wildman–Crippen MR) is 94.1 cm³/mol. The van der Waals surface area contributed by atoms with Crippen molar-refractivity contribution in [2.24, 2.45) is 0 Å². The van der Waals surface area contributed by atoms with Crippen LogP contribution >= 0.6 is 23.1 Å². The van der Waals surface area contributed by atoms with E-state index >= 15 is 0 Å². The molecule has 1 N–H and O–H groups in total. The Balaban J connectivity index is 1.84. The lowest BCUT2D eigenvalue weighted by molar-refractivity contribution is -0.129. The largest absolute Gasteiger partial charge is 0.355 e.